The van der Waals surface area contributed by atoms with Crippen molar-refractivity contribution in [3.05, 3.63) is 35.7 Å². The van der Waals surface area contributed by atoms with Gasteiger partial charge in [-0.05, 0) is 43.2 Å². The second-order valence-electron chi connectivity index (χ2n) is 5.66. The quantitative estimate of drug-likeness (QED) is 0.867. The number of nitrogens with zero attached hydrogens (tertiary/aromatic N) is 2. The van der Waals surface area contributed by atoms with Crippen molar-refractivity contribution >= 4 is 17.7 Å². The van der Waals surface area contributed by atoms with Gasteiger partial charge in [0.1, 0.15) is 5.82 Å². The molecule has 0 radical (unpaired) electrons. The summed E-state index contributed by atoms with van der Waals surface area (Å²) in [7, 11) is 0. The fraction of sp³-hybridized carbons (Fsp3) is 0.438. The summed E-state index contributed by atoms with van der Waals surface area (Å²) in [6.45, 7) is 3.88. The van der Waals surface area contributed by atoms with Crippen LogP contribution in [0.15, 0.2) is 24.3 Å². The van der Waals surface area contributed by atoms with Crippen molar-refractivity contribution in [3.8, 4) is 0 Å². The summed E-state index contributed by atoms with van der Waals surface area (Å²) in [6.07, 6.45) is 4.85. The van der Waals surface area contributed by atoms with Crippen molar-refractivity contribution in [3.63, 3.8) is 0 Å². The van der Waals surface area contributed by atoms with Crippen LogP contribution in [0.3, 0.4) is 0 Å². The largest absolute Gasteiger partial charge is 0.478 e. The van der Waals surface area contributed by atoms with Crippen LogP contribution in [-0.4, -0.2) is 48.2 Å². The minimum Gasteiger partial charge on any atom is -0.478 e. The topological polar surface area (TPSA) is 43.8 Å². The number of rotatable bonds is 3. The molecule has 112 valence electrons. The minimum atomic E-state index is -1.03. The third-order valence-electron chi connectivity index (χ3n) is 4.32. The van der Waals surface area contributed by atoms with E-state index in [1.807, 2.05) is 0 Å². The predicted molar refractivity (Wildman–Crippen MR) is 79.9 cm³/mol. The van der Waals surface area contributed by atoms with E-state index in [1.165, 1.54) is 31.5 Å². The Morgan fingerprint density at radius 2 is 2.19 bits per heavy atom. The molecule has 0 aliphatic carbocycles. The molecule has 0 spiro atoms. The molecule has 0 saturated carbocycles. The number of carboxylic acids is 1. The fourth-order valence-electron chi connectivity index (χ4n) is 3.26. The highest BCUT2D eigenvalue weighted by molar-refractivity contribution is 5.85. The Kier molecular flexibility index (Phi) is 3.92. The number of halogens is 1. The molecule has 21 heavy (non-hydrogen) atoms. The average molecular weight is 290 g/mol. The van der Waals surface area contributed by atoms with Crippen LogP contribution >= 0.6 is 0 Å². The maximum atomic E-state index is 14.3. The van der Waals surface area contributed by atoms with Crippen molar-refractivity contribution in [2.45, 2.75) is 18.9 Å². The smallest absolute Gasteiger partial charge is 0.328 e. The number of carbonyl (C=O) groups is 1. The third-order valence-corrected chi connectivity index (χ3v) is 4.32. The number of carboxylic acid groups (broad SMARTS) is 1. The van der Waals surface area contributed by atoms with E-state index in [0.29, 0.717) is 17.3 Å². The Hall–Kier alpha value is -1.88. The van der Waals surface area contributed by atoms with Crippen LogP contribution in [0, 0.1) is 5.82 Å². The van der Waals surface area contributed by atoms with Crippen molar-refractivity contribution in [2.75, 3.05) is 31.1 Å². The number of benzene rings is 1. The third kappa shape index (κ3) is 3.08. The average Bonchev–Trinajstić information content (AvgIpc) is 2.92. The first-order valence-corrected chi connectivity index (χ1v) is 7.33. The molecule has 3 rings (SSSR count). The minimum absolute atomic E-state index is 0.283. The Morgan fingerprint density at radius 1 is 1.33 bits per heavy atom. The molecule has 2 aliphatic rings. The van der Waals surface area contributed by atoms with Gasteiger partial charge in [0.25, 0.3) is 0 Å². The van der Waals surface area contributed by atoms with Gasteiger partial charge in [0.05, 0.1) is 5.69 Å². The lowest BCUT2D eigenvalue weighted by molar-refractivity contribution is -0.131. The first kappa shape index (κ1) is 14.1. The molecule has 2 aliphatic heterocycles. The zero-order valence-corrected chi connectivity index (χ0v) is 11.8. The standard InChI is InChI=1S/C16H19FN2O2/c17-14-10-12(4-6-16(20)21)3-5-15(14)19-9-8-18-7-1-2-13(18)11-19/h3-6,10,13H,1-2,7-9,11H2,(H,20,21)/b6-4+. The molecule has 0 amide bonds. The highest BCUT2D eigenvalue weighted by Gasteiger charge is 2.31. The molecule has 4 nitrogen and oxygen atoms in total. The Balaban J connectivity index is 1.75. The summed E-state index contributed by atoms with van der Waals surface area (Å²) >= 11 is 0. The Morgan fingerprint density at radius 3 is 2.95 bits per heavy atom. The number of aliphatic carboxylic acids is 1. The molecule has 1 atom stereocenters. The summed E-state index contributed by atoms with van der Waals surface area (Å²) in [5.74, 6) is -1.31. The number of anilines is 1. The summed E-state index contributed by atoms with van der Waals surface area (Å²) in [5.41, 5.74) is 1.19. The van der Waals surface area contributed by atoms with E-state index >= 15 is 0 Å². The van der Waals surface area contributed by atoms with Crippen LogP contribution in [0.4, 0.5) is 10.1 Å². The monoisotopic (exact) mass is 290 g/mol. The summed E-state index contributed by atoms with van der Waals surface area (Å²) in [5, 5.41) is 8.60. The van der Waals surface area contributed by atoms with Crippen LogP contribution in [0.25, 0.3) is 6.08 Å². The maximum Gasteiger partial charge on any atom is 0.328 e. The van der Waals surface area contributed by atoms with E-state index in [-0.39, 0.29) is 5.82 Å². The number of hydrogen-bond acceptors (Lipinski definition) is 3. The van der Waals surface area contributed by atoms with Gasteiger partial charge in [0, 0.05) is 31.8 Å². The van der Waals surface area contributed by atoms with Crippen LogP contribution in [0.5, 0.6) is 0 Å². The highest BCUT2D eigenvalue weighted by atomic mass is 19.1. The van der Waals surface area contributed by atoms with Crippen molar-refractivity contribution in [2.24, 2.45) is 0 Å². The molecule has 1 aromatic carbocycles. The molecule has 2 heterocycles. The number of piperazine rings is 1. The molecular weight excluding hydrogens is 271 g/mol. The second kappa shape index (κ2) is 5.85. The highest BCUT2D eigenvalue weighted by Crippen LogP contribution is 2.27. The van der Waals surface area contributed by atoms with Crippen LogP contribution in [0.1, 0.15) is 18.4 Å². The zero-order chi connectivity index (χ0) is 14.8. The molecule has 1 N–H and O–H groups in total. The van der Waals surface area contributed by atoms with Crippen molar-refractivity contribution in [1.82, 2.24) is 4.90 Å². The van der Waals surface area contributed by atoms with E-state index < -0.39 is 5.97 Å². The molecular formula is C16H19FN2O2. The van der Waals surface area contributed by atoms with E-state index in [2.05, 4.69) is 9.80 Å². The van der Waals surface area contributed by atoms with E-state index in [4.69, 9.17) is 5.11 Å². The Bertz CT molecular complexity index is 573. The lowest BCUT2D eigenvalue weighted by atomic mass is 10.1. The van der Waals surface area contributed by atoms with Gasteiger partial charge in [-0.3, -0.25) is 4.90 Å². The molecule has 2 saturated heterocycles. The zero-order valence-electron chi connectivity index (χ0n) is 11.8. The van der Waals surface area contributed by atoms with Crippen LogP contribution < -0.4 is 4.90 Å². The van der Waals surface area contributed by atoms with Gasteiger partial charge in [0.2, 0.25) is 0 Å². The number of hydrogen-bond donors (Lipinski definition) is 1. The Labute approximate surface area is 123 Å². The van der Waals surface area contributed by atoms with Gasteiger partial charge < -0.3 is 10.0 Å². The second-order valence-corrected chi connectivity index (χ2v) is 5.66. The first-order valence-electron chi connectivity index (χ1n) is 7.33. The molecule has 0 aromatic heterocycles. The summed E-state index contributed by atoms with van der Waals surface area (Å²) in [4.78, 5) is 15.1. The van der Waals surface area contributed by atoms with Gasteiger partial charge in [-0.25, -0.2) is 9.18 Å². The summed E-state index contributed by atoms with van der Waals surface area (Å²) < 4.78 is 14.3. The van der Waals surface area contributed by atoms with Crippen molar-refractivity contribution < 1.29 is 14.3 Å². The maximum absolute atomic E-state index is 14.3. The normalized spacial score (nSPS) is 22.7. The molecule has 0 bridgehead atoms. The van der Waals surface area contributed by atoms with E-state index in [0.717, 1.165) is 25.7 Å². The van der Waals surface area contributed by atoms with Gasteiger partial charge in [-0.15, -0.1) is 0 Å². The van der Waals surface area contributed by atoms with Crippen LogP contribution in [-0.2, 0) is 4.79 Å². The van der Waals surface area contributed by atoms with Crippen molar-refractivity contribution in [1.29, 1.82) is 0 Å². The SMILES string of the molecule is O=C(O)/C=C/c1ccc(N2CCN3CCCC3C2)c(F)c1. The summed E-state index contributed by atoms with van der Waals surface area (Å²) in [6, 6.07) is 5.46. The number of fused-ring (bicyclic) bond motifs is 1. The molecule has 5 heteroatoms. The van der Waals surface area contributed by atoms with Gasteiger partial charge in [0.15, 0.2) is 0 Å². The molecule has 1 unspecified atom stereocenters. The van der Waals surface area contributed by atoms with E-state index in [9.17, 15) is 9.18 Å². The van der Waals surface area contributed by atoms with Crippen LogP contribution in [0.2, 0.25) is 0 Å². The lowest BCUT2D eigenvalue weighted by Gasteiger charge is -2.38. The van der Waals surface area contributed by atoms with Gasteiger partial charge >= 0.3 is 5.97 Å². The predicted octanol–water partition coefficient (Wildman–Crippen LogP) is 2.21. The van der Waals surface area contributed by atoms with Gasteiger partial charge in [-0.1, -0.05) is 6.07 Å². The lowest BCUT2D eigenvalue weighted by Crippen LogP contribution is -2.50. The fourth-order valence-corrected chi connectivity index (χ4v) is 3.26. The van der Waals surface area contributed by atoms with Gasteiger partial charge in [-0.2, -0.15) is 0 Å². The molecule has 1 aromatic rings. The molecule has 2 fully saturated rings. The van der Waals surface area contributed by atoms with E-state index in [1.54, 1.807) is 12.1 Å². The first-order chi connectivity index (χ1) is 10.1.